The molecular formula is C19H27N5O6. The summed E-state index contributed by atoms with van der Waals surface area (Å²) in [5.41, 5.74) is 5.65. The number of ether oxygens (including phenoxy) is 3. The van der Waals surface area contributed by atoms with Crippen LogP contribution in [0.15, 0.2) is 11.0 Å². The summed E-state index contributed by atoms with van der Waals surface area (Å²) in [4.78, 5) is 36.5. The van der Waals surface area contributed by atoms with E-state index in [0.717, 1.165) is 0 Å². The number of hydrogen-bond donors (Lipinski definition) is 4. The highest BCUT2D eigenvalue weighted by Gasteiger charge is 2.60. The molecule has 0 bridgehead atoms. The number of amides is 1. The van der Waals surface area contributed by atoms with Crippen LogP contribution in [0.1, 0.15) is 46.2 Å². The molecular weight excluding hydrogens is 394 g/mol. The summed E-state index contributed by atoms with van der Waals surface area (Å²) >= 11 is 0. The average Bonchev–Trinajstić information content (AvgIpc) is 3.21. The first kappa shape index (κ1) is 20.6. The summed E-state index contributed by atoms with van der Waals surface area (Å²) in [6.07, 6.45) is -0.226. The Balaban J connectivity index is 1.87. The summed E-state index contributed by atoms with van der Waals surface area (Å²) in [6.45, 7) is 8.46. The van der Waals surface area contributed by atoms with E-state index in [-0.39, 0.29) is 18.1 Å². The molecule has 4 atom stereocenters. The predicted molar refractivity (Wildman–Crippen MR) is 107 cm³/mol. The van der Waals surface area contributed by atoms with Crippen LogP contribution in [0.2, 0.25) is 0 Å². The molecule has 2 fully saturated rings. The van der Waals surface area contributed by atoms with Gasteiger partial charge in [-0.1, -0.05) is 0 Å². The van der Waals surface area contributed by atoms with E-state index < -0.39 is 47.3 Å². The Morgan fingerprint density at radius 2 is 2.03 bits per heavy atom. The van der Waals surface area contributed by atoms with Gasteiger partial charge in [-0.15, -0.1) is 0 Å². The van der Waals surface area contributed by atoms with E-state index in [1.807, 2.05) is 0 Å². The molecule has 30 heavy (non-hydrogen) atoms. The number of aliphatic hydroxyl groups excluding tert-OH is 1. The molecule has 2 aliphatic rings. The third-order valence-electron chi connectivity index (χ3n) is 5.20. The van der Waals surface area contributed by atoms with Crippen molar-refractivity contribution in [3.63, 3.8) is 0 Å². The van der Waals surface area contributed by atoms with Gasteiger partial charge in [-0.3, -0.25) is 14.7 Å². The Labute approximate surface area is 172 Å². The lowest BCUT2D eigenvalue weighted by atomic mass is 10.0. The lowest BCUT2D eigenvalue weighted by molar-refractivity contribution is -0.168. The number of nitrogens with two attached hydrogens (primary N) is 1. The van der Waals surface area contributed by atoms with Crippen LogP contribution < -0.4 is 11.3 Å². The zero-order valence-electron chi connectivity index (χ0n) is 17.6. The van der Waals surface area contributed by atoms with Crippen LogP contribution in [-0.4, -0.2) is 67.3 Å². The first-order chi connectivity index (χ1) is 13.9. The normalized spacial score (nSPS) is 28.1. The molecule has 164 valence electrons. The van der Waals surface area contributed by atoms with Crippen molar-refractivity contribution in [3.8, 4) is 0 Å². The van der Waals surface area contributed by atoms with Gasteiger partial charge in [-0.25, -0.2) is 9.78 Å². The maximum Gasteiger partial charge on any atom is 0.411 e. The van der Waals surface area contributed by atoms with Gasteiger partial charge in [-0.2, -0.15) is 0 Å². The van der Waals surface area contributed by atoms with Gasteiger partial charge in [0.15, 0.2) is 5.79 Å². The largest absolute Gasteiger partial charge is 0.444 e. The van der Waals surface area contributed by atoms with Crippen LogP contribution in [0, 0.1) is 0 Å². The predicted octanol–water partition coefficient (Wildman–Crippen LogP) is 1.01. The number of aliphatic hydroxyl groups is 1. The number of carbonyl (C=O) groups excluding carboxylic acids is 1. The Morgan fingerprint density at radius 1 is 1.37 bits per heavy atom. The van der Waals surface area contributed by atoms with E-state index >= 15 is 0 Å². The van der Waals surface area contributed by atoms with Crippen LogP contribution in [0.4, 0.5) is 10.7 Å². The molecule has 0 unspecified atom stereocenters. The van der Waals surface area contributed by atoms with Crippen molar-refractivity contribution in [1.29, 1.82) is 0 Å². The van der Waals surface area contributed by atoms with Crippen molar-refractivity contribution in [1.82, 2.24) is 19.9 Å². The summed E-state index contributed by atoms with van der Waals surface area (Å²) in [5, 5.41) is 10.1. The number of rotatable bonds is 2. The number of nitrogen functional groups attached to an aromatic ring is 1. The Kier molecular flexibility index (Phi) is 4.60. The topological polar surface area (TPSA) is 156 Å². The van der Waals surface area contributed by atoms with E-state index in [0.29, 0.717) is 11.1 Å². The number of likely N-dealkylation sites (tertiary alicyclic amines) is 1. The molecule has 0 aromatic carbocycles. The number of aromatic nitrogens is 3. The third-order valence-corrected chi connectivity index (χ3v) is 5.20. The maximum absolute atomic E-state index is 13.2. The van der Waals surface area contributed by atoms with Crippen LogP contribution >= 0.6 is 0 Å². The monoisotopic (exact) mass is 421 g/mol. The molecule has 11 nitrogen and oxygen atoms in total. The third kappa shape index (κ3) is 3.32. The van der Waals surface area contributed by atoms with Crippen molar-refractivity contribution in [3.05, 3.63) is 22.1 Å². The number of aromatic amines is 2. The number of carbonyl (C=O) groups is 1. The van der Waals surface area contributed by atoms with Crippen molar-refractivity contribution in [2.45, 2.75) is 70.3 Å². The van der Waals surface area contributed by atoms with Gasteiger partial charge < -0.3 is 30.0 Å². The van der Waals surface area contributed by atoms with Crippen molar-refractivity contribution >= 4 is 23.1 Å². The molecule has 4 rings (SSSR count). The number of nitrogens with zero attached hydrogens (tertiary/aromatic N) is 2. The van der Waals surface area contributed by atoms with Crippen LogP contribution in [-0.2, 0) is 14.2 Å². The van der Waals surface area contributed by atoms with Crippen molar-refractivity contribution in [2.24, 2.45) is 0 Å². The van der Waals surface area contributed by atoms with Gasteiger partial charge in [0.1, 0.15) is 28.8 Å². The number of H-pyrrole nitrogens is 2. The Bertz CT molecular complexity index is 1040. The van der Waals surface area contributed by atoms with Crippen LogP contribution in [0.5, 0.6) is 0 Å². The lowest BCUT2D eigenvalue weighted by Gasteiger charge is -2.34. The van der Waals surface area contributed by atoms with Gasteiger partial charge in [0.2, 0.25) is 5.95 Å². The molecule has 2 aromatic heterocycles. The molecule has 2 aliphatic heterocycles. The first-order valence-corrected chi connectivity index (χ1v) is 9.76. The SMILES string of the molecule is CC(C)(C)OC(=O)N1[C@H](CO)[C@H]2OC(C)(C)O[C@H]2[C@@H]1c1c[nH]c2c(=O)[nH]c(N)nc12. The molecule has 0 saturated carbocycles. The summed E-state index contributed by atoms with van der Waals surface area (Å²) < 4.78 is 17.7. The van der Waals surface area contributed by atoms with E-state index in [1.54, 1.807) is 40.8 Å². The molecule has 4 heterocycles. The minimum absolute atomic E-state index is 0.0469. The number of hydrogen-bond acceptors (Lipinski definition) is 8. The molecule has 2 saturated heterocycles. The van der Waals surface area contributed by atoms with E-state index in [1.165, 1.54) is 4.90 Å². The Hall–Kier alpha value is -2.63. The van der Waals surface area contributed by atoms with Gasteiger partial charge >= 0.3 is 6.09 Å². The summed E-state index contributed by atoms with van der Waals surface area (Å²) in [5.74, 6) is -0.953. The molecule has 2 aromatic rings. The molecule has 1 amide bonds. The van der Waals surface area contributed by atoms with Crippen LogP contribution in [0.25, 0.3) is 11.0 Å². The molecule has 5 N–H and O–H groups in total. The maximum atomic E-state index is 13.2. The molecule has 11 heteroatoms. The van der Waals surface area contributed by atoms with Crippen molar-refractivity contribution in [2.75, 3.05) is 12.3 Å². The average molecular weight is 421 g/mol. The highest BCUT2D eigenvalue weighted by Crippen LogP contribution is 2.48. The first-order valence-electron chi connectivity index (χ1n) is 9.76. The van der Waals surface area contributed by atoms with Crippen LogP contribution in [0.3, 0.4) is 0 Å². The Morgan fingerprint density at radius 3 is 2.67 bits per heavy atom. The molecule has 0 radical (unpaired) electrons. The molecule has 0 aliphatic carbocycles. The zero-order chi connectivity index (χ0) is 22.0. The number of fused-ring (bicyclic) bond motifs is 2. The second-order valence-corrected chi connectivity index (χ2v) is 9.07. The summed E-state index contributed by atoms with van der Waals surface area (Å²) in [7, 11) is 0. The fourth-order valence-electron chi connectivity index (χ4n) is 4.24. The van der Waals surface area contributed by atoms with Gasteiger partial charge in [0, 0.05) is 11.8 Å². The highest BCUT2D eigenvalue weighted by atomic mass is 16.8. The van der Waals surface area contributed by atoms with E-state index in [9.17, 15) is 14.7 Å². The number of anilines is 1. The van der Waals surface area contributed by atoms with Gasteiger partial charge in [-0.05, 0) is 34.6 Å². The van der Waals surface area contributed by atoms with Gasteiger partial charge in [0.05, 0.1) is 18.7 Å². The fourth-order valence-corrected chi connectivity index (χ4v) is 4.24. The highest BCUT2D eigenvalue weighted by molar-refractivity contribution is 5.81. The van der Waals surface area contributed by atoms with Gasteiger partial charge in [0.25, 0.3) is 5.56 Å². The van der Waals surface area contributed by atoms with Crippen molar-refractivity contribution < 1.29 is 24.1 Å². The lowest BCUT2D eigenvalue weighted by Crippen LogP contribution is -2.47. The standard InChI is InChI=1S/C19H27N5O6/c1-18(2,3)30-17(27)24-9(7-25)13-14(29-19(4,5)28-13)12(24)8-6-21-11-10(8)22-16(20)23-15(11)26/h6,9,12-14,21,25H,7H2,1-5H3,(H3,20,22,23,26)/t9-,12+,13-,14+/m1/s1. The van der Waals surface area contributed by atoms with E-state index in [4.69, 9.17) is 19.9 Å². The fraction of sp³-hybridized carbons (Fsp3) is 0.632. The molecule has 0 spiro atoms. The quantitative estimate of drug-likeness (QED) is 0.560. The number of nitrogens with one attached hydrogen (secondary N) is 2. The second-order valence-electron chi connectivity index (χ2n) is 9.07. The second kappa shape index (κ2) is 6.69. The zero-order valence-corrected chi connectivity index (χ0v) is 17.6. The van der Waals surface area contributed by atoms with E-state index in [2.05, 4.69) is 15.0 Å². The minimum Gasteiger partial charge on any atom is -0.444 e. The summed E-state index contributed by atoms with van der Waals surface area (Å²) in [6, 6.07) is -1.42. The minimum atomic E-state index is -0.906. The smallest absolute Gasteiger partial charge is 0.411 e.